The fraction of sp³-hybridized carbons (Fsp3) is 0.438. The zero-order valence-corrected chi connectivity index (χ0v) is 11.9. The minimum Gasteiger partial charge on any atom is -0.380 e. The van der Waals surface area contributed by atoms with Crippen molar-refractivity contribution in [3.63, 3.8) is 0 Å². The zero-order valence-electron chi connectivity index (χ0n) is 11.2. The van der Waals surface area contributed by atoms with Crippen LogP contribution in [0.25, 0.3) is 11.1 Å². The number of nitrogens with zero attached hydrogens (tertiary/aromatic N) is 1. The number of hydrogen-bond donors (Lipinski definition) is 1. The van der Waals surface area contributed by atoms with Gasteiger partial charge in [-0.05, 0) is 48.8 Å². The van der Waals surface area contributed by atoms with Gasteiger partial charge in [0.1, 0.15) is 5.76 Å². The SMILES string of the molecule is Nc1noc(C2CC3CCC2C3)c1-c1ccc(Cl)cc1. The van der Waals surface area contributed by atoms with Crippen molar-refractivity contribution in [2.75, 3.05) is 5.73 Å². The van der Waals surface area contributed by atoms with Gasteiger partial charge in [0, 0.05) is 10.9 Å². The molecular formula is C16H17ClN2O. The van der Waals surface area contributed by atoms with Crippen molar-refractivity contribution in [3.8, 4) is 11.1 Å². The molecule has 104 valence electrons. The topological polar surface area (TPSA) is 52.0 Å². The molecule has 2 bridgehead atoms. The van der Waals surface area contributed by atoms with Gasteiger partial charge in [-0.15, -0.1) is 0 Å². The molecule has 0 saturated heterocycles. The predicted octanol–water partition coefficient (Wildman–Crippen LogP) is 4.48. The average Bonchev–Trinajstić information content (AvgIpc) is 3.14. The number of rotatable bonds is 2. The molecule has 3 atom stereocenters. The van der Waals surface area contributed by atoms with E-state index in [1.807, 2.05) is 24.3 Å². The Morgan fingerprint density at radius 2 is 1.95 bits per heavy atom. The van der Waals surface area contributed by atoms with Gasteiger partial charge in [0.2, 0.25) is 0 Å². The van der Waals surface area contributed by atoms with Crippen LogP contribution in [0.5, 0.6) is 0 Å². The molecule has 20 heavy (non-hydrogen) atoms. The minimum atomic E-state index is 0.490. The Bertz CT molecular complexity index is 634. The average molecular weight is 289 g/mol. The fourth-order valence-electron chi connectivity index (χ4n) is 4.04. The van der Waals surface area contributed by atoms with Crippen molar-refractivity contribution < 1.29 is 4.52 Å². The molecule has 0 amide bonds. The number of nitrogens with two attached hydrogens (primary N) is 1. The highest BCUT2D eigenvalue weighted by Gasteiger charge is 2.43. The third-order valence-electron chi connectivity index (χ3n) is 4.95. The van der Waals surface area contributed by atoms with Gasteiger partial charge in [0.25, 0.3) is 0 Å². The molecule has 4 heteroatoms. The fourth-order valence-corrected chi connectivity index (χ4v) is 4.17. The summed E-state index contributed by atoms with van der Waals surface area (Å²) in [5, 5.41) is 4.74. The van der Waals surface area contributed by atoms with Crippen LogP contribution >= 0.6 is 11.6 Å². The normalized spacial score (nSPS) is 28.1. The molecule has 2 N–H and O–H groups in total. The van der Waals surface area contributed by atoms with Gasteiger partial charge in [-0.1, -0.05) is 35.3 Å². The third-order valence-corrected chi connectivity index (χ3v) is 5.20. The first-order valence-electron chi connectivity index (χ1n) is 7.23. The van der Waals surface area contributed by atoms with Gasteiger partial charge < -0.3 is 10.3 Å². The molecule has 2 aliphatic carbocycles. The standard InChI is InChI=1S/C16H17ClN2O/c17-12-5-3-10(4-6-12)14-15(20-19-16(14)18)13-8-9-1-2-11(13)7-9/h3-6,9,11,13H,1-2,7-8H2,(H2,18,19). The first-order chi connectivity index (χ1) is 9.72. The van der Waals surface area contributed by atoms with Crippen molar-refractivity contribution in [2.45, 2.75) is 31.6 Å². The molecular weight excluding hydrogens is 272 g/mol. The quantitative estimate of drug-likeness (QED) is 0.886. The lowest BCUT2D eigenvalue weighted by molar-refractivity contribution is 0.312. The Morgan fingerprint density at radius 3 is 2.60 bits per heavy atom. The first kappa shape index (κ1) is 12.3. The summed E-state index contributed by atoms with van der Waals surface area (Å²) in [7, 11) is 0. The maximum absolute atomic E-state index is 6.04. The van der Waals surface area contributed by atoms with Crippen LogP contribution < -0.4 is 5.73 Å². The van der Waals surface area contributed by atoms with Crippen molar-refractivity contribution in [2.24, 2.45) is 11.8 Å². The van der Waals surface area contributed by atoms with Crippen LogP contribution in [0.3, 0.4) is 0 Å². The maximum atomic E-state index is 6.04. The van der Waals surface area contributed by atoms with Crippen LogP contribution in [-0.2, 0) is 0 Å². The zero-order chi connectivity index (χ0) is 13.7. The minimum absolute atomic E-state index is 0.490. The summed E-state index contributed by atoms with van der Waals surface area (Å²) in [6.07, 6.45) is 5.25. The monoisotopic (exact) mass is 288 g/mol. The predicted molar refractivity (Wildman–Crippen MR) is 79.6 cm³/mol. The number of nitrogen functional groups attached to an aromatic ring is 1. The van der Waals surface area contributed by atoms with E-state index in [1.54, 1.807) is 0 Å². The molecule has 2 fully saturated rings. The van der Waals surface area contributed by atoms with Crippen LogP contribution in [-0.4, -0.2) is 5.16 Å². The van der Waals surface area contributed by atoms with E-state index in [0.29, 0.717) is 11.7 Å². The molecule has 0 aliphatic heterocycles. The summed E-state index contributed by atoms with van der Waals surface area (Å²) in [6, 6.07) is 7.74. The van der Waals surface area contributed by atoms with Gasteiger partial charge in [-0.25, -0.2) is 0 Å². The van der Waals surface area contributed by atoms with E-state index < -0.39 is 0 Å². The summed E-state index contributed by atoms with van der Waals surface area (Å²) in [5.41, 5.74) is 8.06. The van der Waals surface area contributed by atoms with E-state index in [9.17, 15) is 0 Å². The molecule has 2 aliphatic rings. The summed E-state index contributed by atoms with van der Waals surface area (Å²) in [6.45, 7) is 0. The van der Waals surface area contributed by atoms with E-state index in [-0.39, 0.29) is 0 Å². The van der Waals surface area contributed by atoms with Crippen LogP contribution in [0.1, 0.15) is 37.4 Å². The van der Waals surface area contributed by atoms with Gasteiger partial charge >= 0.3 is 0 Å². The van der Waals surface area contributed by atoms with Crippen molar-refractivity contribution >= 4 is 17.4 Å². The molecule has 2 saturated carbocycles. The van der Waals surface area contributed by atoms with E-state index in [1.165, 1.54) is 25.7 Å². The van der Waals surface area contributed by atoms with E-state index in [2.05, 4.69) is 5.16 Å². The van der Waals surface area contributed by atoms with Crippen molar-refractivity contribution in [3.05, 3.63) is 35.0 Å². The molecule has 2 aromatic rings. The Hall–Kier alpha value is -1.48. The van der Waals surface area contributed by atoms with Crippen LogP contribution in [0.15, 0.2) is 28.8 Å². The highest BCUT2D eigenvalue weighted by molar-refractivity contribution is 6.30. The molecule has 0 spiro atoms. The lowest BCUT2D eigenvalue weighted by Crippen LogP contribution is -2.08. The molecule has 1 aromatic heterocycles. The summed E-state index contributed by atoms with van der Waals surface area (Å²) < 4.78 is 5.61. The van der Waals surface area contributed by atoms with E-state index in [4.69, 9.17) is 21.9 Å². The lowest BCUT2D eigenvalue weighted by Gasteiger charge is -2.20. The Balaban J connectivity index is 1.76. The molecule has 0 radical (unpaired) electrons. The summed E-state index contributed by atoms with van der Waals surface area (Å²) in [5.74, 6) is 3.58. The Labute approximate surface area is 123 Å². The molecule has 1 aromatic carbocycles. The van der Waals surface area contributed by atoms with Gasteiger partial charge in [0.15, 0.2) is 5.82 Å². The number of halogens is 1. The highest BCUT2D eigenvalue weighted by Crippen LogP contribution is 2.54. The molecule has 1 heterocycles. The Kier molecular flexibility index (Phi) is 2.77. The second kappa shape index (κ2) is 4.52. The van der Waals surface area contributed by atoms with Crippen molar-refractivity contribution in [1.82, 2.24) is 5.16 Å². The summed E-state index contributed by atoms with van der Waals surface area (Å²) in [4.78, 5) is 0. The van der Waals surface area contributed by atoms with E-state index >= 15 is 0 Å². The molecule has 3 unspecified atom stereocenters. The largest absolute Gasteiger partial charge is 0.380 e. The van der Waals surface area contributed by atoms with Gasteiger partial charge in [0.05, 0.1) is 5.56 Å². The number of anilines is 1. The van der Waals surface area contributed by atoms with Crippen LogP contribution in [0, 0.1) is 11.8 Å². The number of benzene rings is 1. The second-order valence-electron chi connectivity index (χ2n) is 6.10. The van der Waals surface area contributed by atoms with Gasteiger partial charge in [-0.3, -0.25) is 0 Å². The van der Waals surface area contributed by atoms with Crippen LogP contribution in [0.4, 0.5) is 5.82 Å². The van der Waals surface area contributed by atoms with Crippen molar-refractivity contribution in [1.29, 1.82) is 0 Å². The highest BCUT2D eigenvalue weighted by atomic mass is 35.5. The number of hydrogen-bond acceptors (Lipinski definition) is 3. The lowest BCUT2D eigenvalue weighted by atomic mass is 9.84. The maximum Gasteiger partial charge on any atom is 0.175 e. The molecule has 3 nitrogen and oxygen atoms in total. The Morgan fingerprint density at radius 1 is 1.15 bits per heavy atom. The van der Waals surface area contributed by atoms with E-state index in [0.717, 1.165) is 33.7 Å². The number of fused-ring (bicyclic) bond motifs is 2. The smallest absolute Gasteiger partial charge is 0.175 e. The summed E-state index contributed by atoms with van der Waals surface area (Å²) >= 11 is 5.96. The molecule has 4 rings (SSSR count). The number of aromatic nitrogens is 1. The van der Waals surface area contributed by atoms with Gasteiger partial charge in [-0.2, -0.15) is 0 Å². The first-order valence-corrected chi connectivity index (χ1v) is 7.61. The van der Waals surface area contributed by atoms with Crippen LogP contribution in [0.2, 0.25) is 5.02 Å². The second-order valence-corrected chi connectivity index (χ2v) is 6.53. The third kappa shape index (κ3) is 1.84.